The Bertz CT molecular complexity index is 1590. The first kappa shape index (κ1) is 27.7. The highest BCUT2D eigenvalue weighted by atomic mass is 79.9. The van der Waals surface area contributed by atoms with Crippen molar-refractivity contribution in [2.45, 2.75) is 26.8 Å². The first-order valence-corrected chi connectivity index (χ1v) is 13.8. The third-order valence-electron chi connectivity index (χ3n) is 6.08. The molecule has 1 aliphatic heterocycles. The highest BCUT2D eigenvalue weighted by Gasteiger charge is 2.35. The molecule has 1 aliphatic rings. The fourth-order valence-corrected chi connectivity index (χ4v) is 6.22. The van der Waals surface area contributed by atoms with Gasteiger partial charge in [0.25, 0.3) is 5.56 Å². The maximum absolute atomic E-state index is 13.9. The normalized spacial score (nSPS) is 15.1. The van der Waals surface area contributed by atoms with Gasteiger partial charge < -0.3 is 19.1 Å². The number of carbonyl (C=O) groups is 1. The number of para-hydroxylation sites is 1. The van der Waals surface area contributed by atoms with Gasteiger partial charge in [-0.25, -0.2) is 9.79 Å². The Hall–Kier alpha value is -3.37. The van der Waals surface area contributed by atoms with E-state index in [0.29, 0.717) is 38.7 Å². The van der Waals surface area contributed by atoms with E-state index in [1.54, 1.807) is 31.6 Å². The van der Waals surface area contributed by atoms with Gasteiger partial charge in [0.05, 0.1) is 41.8 Å². The van der Waals surface area contributed by atoms with E-state index in [2.05, 4.69) is 20.9 Å². The van der Waals surface area contributed by atoms with Crippen LogP contribution in [0.15, 0.2) is 61.9 Å². The molecule has 0 spiro atoms. The minimum atomic E-state index is -0.799. The van der Waals surface area contributed by atoms with Crippen molar-refractivity contribution >= 4 is 45.0 Å². The first-order chi connectivity index (χ1) is 18.2. The number of esters is 1. The Morgan fingerprint density at radius 2 is 1.97 bits per heavy atom. The number of ether oxygens (including phenoxy) is 3. The van der Waals surface area contributed by atoms with Crippen LogP contribution in [0.4, 0.5) is 5.69 Å². The zero-order valence-corrected chi connectivity index (χ0v) is 24.6. The van der Waals surface area contributed by atoms with Crippen molar-refractivity contribution < 1.29 is 19.0 Å². The van der Waals surface area contributed by atoms with Crippen LogP contribution < -0.4 is 29.3 Å². The zero-order chi connectivity index (χ0) is 27.6. The Kier molecular flexibility index (Phi) is 8.42. The largest absolute Gasteiger partial charge is 0.493 e. The summed E-state index contributed by atoms with van der Waals surface area (Å²) in [6, 6.07) is 10.6. The number of nitrogens with zero attached hydrogens (tertiary/aromatic N) is 3. The number of halogens is 1. The monoisotopic (exact) mass is 599 g/mol. The summed E-state index contributed by atoms with van der Waals surface area (Å²) in [4.78, 5) is 34.3. The average molecular weight is 601 g/mol. The van der Waals surface area contributed by atoms with E-state index >= 15 is 0 Å². The third-order valence-corrected chi connectivity index (χ3v) is 7.70. The molecular weight excluding hydrogens is 570 g/mol. The lowest BCUT2D eigenvalue weighted by Gasteiger charge is -2.26. The molecule has 200 valence electrons. The molecular formula is C28H30BrN3O5S. The molecule has 0 bridgehead atoms. The summed E-state index contributed by atoms with van der Waals surface area (Å²) in [6.07, 6.45) is 1.84. The van der Waals surface area contributed by atoms with Gasteiger partial charge in [-0.1, -0.05) is 29.5 Å². The summed E-state index contributed by atoms with van der Waals surface area (Å²) in [5.41, 5.74) is 3.03. The molecule has 0 aliphatic carbocycles. The summed E-state index contributed by atoms with van der Waals surface area (Å²) in [7, 11) is 5.49. The Labute approximate surface area is 233 Å². The molecule has 1 atom stereocenters. The number of hydrogen-bond donors (Lipinski definition) is 0. The van der Waals surface area contributed by atoms with Crippen LogP contribution in [0.3, 0.4) is 0 Å². The topological polar surface area (TPSA) is 82.4 Å². The Morgan fingerprint density at radius 3 is 2.61 bits per heavy atom. The molecule has 0 saturated heterocycles. The summed E-state index contributed by atoms with van der Waals surface area (Å²) in [5.74, 6) is 0.452. The first-order valence-electron chi connectivity index (χ1n) is 12.2. The molecule has 3 aromatic rings. The molecule has 2 heterocycles. The van der Waals surface area contributed by atoms with Crippen molar-refractivity contribution in [3.05, 3.63) is 83.0 Å². The number of allylic oxidation sites excluding steroid dienone is 1. The van der Waals surface area contributed by atoms with Crippen LogP contribution in [0.2, 0.25) is 0 Å². The molecule has 0 unspecified atom stereocenters. The predicted octanol–water partition coefficient (Wildman–Crippen LogP) is 4.03. The van der Waals surface area contributed by atoms with Gasteiger partial charge >= 0.3 is 5.97 Å². The zero-order valence-electron chi connectivity index (χ0n) is 22.2. The molecule has 2 aromatic carbocycles. The standard InChI is InChI=1S/C28H30BrN3O5S/c1-7-36-25-18(10-9-11-21(25)35-6)24-23(27(34)37-8-2)16(3)30-28-32(24)26(33)22(38-28)15-17-12-13-20(31(4)5)19(29)14-17/h9-15,24H,7-8H2,1-6H3/b22-15+/t24-/m0/s1. The van der Waals surface area contributed by atoms with Crippen LogP contribution >= 0.6 is 27.3 Å². The van der Waals surface area contributed by atoms with Crippen molar-refractivity contribution in [1.82, 2.24) is 4.57 Å². The SMILES string of the molecule is CCOC(=O)C1=C(C)N=c2s/c(=C/c3ccc(N(C)C)c(Br)c3)c(=O)n2[C@H]1c1cccc(OC)c1OCC. The van der Waals surface area contributed by atoms with E-state index in [1.807, 2.05) is 62.3 Å². The molecule has 0 amide bonds. The molecule has 8 nitrogen and oxygen atoms in total. The van der Waals surface area contributed by atoms with Gasteiger partial charge in [-0.15, -0.1) is 0 Å². The van der Waals surface area contributed by atoms with Gasteiger partial charge in [0.1, 0.15) is 6.04 Å². The number of aromatic nitrogens is 1. The lowest BCUT2D eigenvalue weighted by atomic mass is 9.94. The maximum atomic E-state index is 13.9. The number of fused-ring (bicyclic) bond motifs is 1. The quantitative estimate of drug-likeness (QED) is 0.364. The Balaban J connectivity index is 1.98. The lowest BCUT2D eigenvalue weighted by Crippen LogP contribution is -2.40. The summed E-state index contributed by atoms with van der Waals surface area (Å²) < 4.78 is 19.9. The smallest absolute Gasteiger partial charge is 0.338 e. The van der Waals surface area contributed by atoms with E-state index < -0.39 is 12.0 Å². The number of anilines is 1. The van der Waals surface area contributed by atoms with Crippen molar-refractivity contribution in [3.8, 4) is 11.5 Å². The van der Waals surface area contributed by atoms with Crippen LogP contribution in [-0.2, 0) is 9.53 Å². The van der Waals surface area contributed by atoms with Gasteiger partial charge in [0, 0.05) is 24.1 Å². The minimum absolute atomic E-state index is 0.195. The summed E-state index contributed by atoms with van der Waals surface area (Å²) in [5, 5.41) is 0. The summed E-state index contributed by atoms with van der Waals surface area (Å²) in [6.45, 7) is 5.95. The second-order valence-electron chi connectivity index (χ2n) is 8.72. The van der Waals surface area contributed by atoms with Gasteiger partial charge in [0.15, 0.2) is 16.3 Å². The van der Waals surface area contributed by atoms with Crippen LogP contribution in [0.25, 0.3) is 6.08 Å². The fraction of sp³-hybridized carbons (Fsp3) is 0.321. The molecule has 0 fully saturated rings. The predicted molar refractivity (Wildman–Crippen MR) is 153 cm³/mol. The van der Waals surface area contributed by atoms with E-state index in [4.69, 9.17) is 14.2 Å². The molecule has 10 heteroatoms. The van der Waals surface area contributed by atoms with Crippen LogP contribution in [0.1, 0.15) is 37.9 Å². The molecule has 4 rings (SSSR count). The Morgan fingerprint density at radius 1 is 1.21 bits per heavy atom. The van der Waals surface area contributed by atoms with Crippen molar-refractivity contribution in [1.29, 1.82) is 0 Å². The van der Waals surface area contributed by atoms with Gasteiger partial charge in [-0.3, -0.25) is 9.36 Å². The summed E-state index contributed by atoms with van der Waals surface area (Å²) >= 11 is 4.89. The highest BCUT2D eigenvalue weighted by molar-refractivity contribution is 9.10. The number of benzene rings is 2. The number of thiazole rings is 1. The fourth-order valence-electron chi connectivity index (χ4n) is 4.42. The molecule has 1 aromatic heterocycles. The number of rotatable bonds is 8. The van der Waals surface area contributed by atoms with E-state index in [0.717, 1.165) is 15.7 Å². The van der Waals surface area contributed by atoms with Crippen molar-refractivity contribution in [2.75, 3.05) is 39.3 Å². The number of hydrogen-bond acceptors (Lipinski definition) is 8. The van der Waals surface area contributed by atoms with Gasteiger partial charge in [-0.2, -0.15) is 0 Å². The number of carbonyl (C=O) groups excluding carboxylic acids is 1. The highest BCUT2D eigenvalue weighted by Crippen LogP contribution is 2.40. The average Bonchev–Trinajstić information content (AvgIpc) is 3.17. The lowest BCUT2D eigenvalue weighted by molar-refractivity contribution is -0.139. The van der Waals surface area contributed by atoms with Gasteiger partial charge in [-0.05, 0) is 66.5 Å². The van der Waals surface area contributed by atoms with E-state index in [-0.39, 0.29) is 17.7 Å². The molecule has 38 heavy (non-hydrogen) atoms. The van der Waals surface area contributed by atoms with Crippen molar-refractivity contribution in [2.24, 2.45) is 4.99 Å². The van der Waals surface area contributed by atoms with E-state index in [9.17, 15) is 9.59 Å². The van der Waals surface area contributed by atoms with Crippen molar-refractivity contribution in [3.63, 3.8) is 0 Å². The minimum Gasteiger partial charge on any atom is -0.493 e. The van der Waals surface area contributed by atoms with E-state index in [1.165, 1.54) is 11.3 Å². The second kappa shape index (κ2) is 11.6. The second-order valence-corrected chi connectivity index (χ2v) is 10.6. The molecule has 0 radical (unpaired) electrons. The number of methoxy groups -OCH3 is 1. The van der Waals surface area contributed by atoms with Crippen LogP contribution in [-0.4, -0.2) is 45.0 Å². The third kappa shape index (κ3) is 5.15. The van der Waals surface area contributed by atoms with Crippen LogP contribution in [0.5, 0.6) is 11.5 Å². The van der Waals surface area contributed by atoms with Gasteiger partial charge in [0.2, 0.25) is 0 Å². The van der Waals surface area contributed by atoms with Crippen LogP contribution in [0, 0.1) is 0 Å². The molecule has 0 saturated carbocycles. The molecule has 0 N–H and O–H groups in total. The maximum Gasteiger partial charge on any atom is 0.338 e.